The number of nitrogens with one attached hydrogen (secondary N) is 2. The van der Waals surface area contributed by atoms with Crippen LogP contribution in [0.3, 0.4) is 0 Å². The minimum absolute atomic E-state index is 0.0632. The first kappa shape index (κ1) is 25.6. The van der Waals surface area contributed by atoms with Gasteiger partial charge in [0.1, 0.15) is 5.75 Å². The average molecular weight is 520 g/mol. The molecule has 188 valence electrons. The molecule has 2 fully saturated rings. The Labute approximate surface area is 211 Å². The summed E-state index contributed by atoms with van der Waals surface area (Å²) in [5.41, 5.74) is 1.12. The predicted octanol–water partition coefficient (Wildman–Crippen LogP) is 3.71. The zero-order valence-corrected chi connectivity index (χ0v) is 21.2. The van der Waals surface area contributed by atoms with Crippen molar-refractivity contribution in [2.75, 3.05) is 31.6 Å². The Morgan fingerprint density at radius 3 is 2.51 bits per heavy atom. The molecule has 0 aromatic heterocycles. The number of carbonyl (C=O) groups is 2. The number of benzene rings is 2. The number of ether oxygens (including phenoxy) is 1. The number of carbonyl (C=O) groups excluding carboxylic acids is 2. The summed E-state index contributed by atoms with van der Waals surface area (Å²) in [4.78, 5) is 25.6. The van der Waals surface area contributed by atoms with Crippen molar-refractivity contribution < 1.29 is 22.7 Å². The normalized spacial score (nSPS) is 18.4. The van der Waals surface area contributed by atoms with E-state index in [0.717, 1.165) is 43.7 Å². The maximum Gasteiger partial charge on any atom is 0.240 e. The maximum absolute atomic E-state index is 12.8. The van der Waals surface area contributed by atoms with E-state index in [4.69, 9.17) is 16.3 Å². The third-order valence-electron chi connectivity index (χ3n) is 6.13. The van der Waals surface area contributed by atoms with Gasteiger partial charge in [-0.3, -0.25) is 9.59 Å². The van der Waals surface area contributed by atoms with Gasteiger partial charge in [-0.2, -0.15) is 0 Å². The van der Waals surface area contributed by atoms with E-state index in [-0.39, 0.29) is 33.6 Å². The van der Waals surface area contributed by atoms with Crippen molar-refractivity contribution in [3.05, 3.63) is 53.1 Å². The first-order valence-electron chi connectivity index (χ1n) is 11.8. The van der Waals surface area contributed by atoms with Crippen molar-refractivity contribution in [3.8, 4) is 5.75 Å². The smallest absolute Gasteiger partial charge is 0.240 e. The number of likely N-dealkylation sites (tertiary alicyclic amines) is 1. The number of anilines is 1. The van der Waals surface area contributed by atoms with E-state index >= 15 is 0 Å². The average Bonchev–Trinajstić information content (AvgIpc) is 3.58. The number of rotatable bonds is 11. The monoisotopic (exact) mass is 519 g/mol. The molecule has 1 aliphatic heterocycles. The number of hydrogen-bond acceptors (Lipinski definition) is 6. The third kappa shape index (κ3) is 7.04. The van der Waals surface area contributed by atoms with Crippen molar-refractivity contribution >= 4 is 39.0 Å². The van der Waals surface area contributed by atoms with Crippen LogP contribution >= 0.6 is 11.6 Å². The second-order valence-electron chi connectivity index (χ2n) is 9.10. The van der Waals surface area contributed by atoms with Gasteiger partial charge in [-0.1, -0.05) is 11.6 Å². The van der Waals surface area contributed by atoms with Crippen LogP contribution in [0.15, 0.2) is 47.4 Å². The minimum Gasteiger partial charge on any atom is -0.494 e. The summed E-state index contributed by atoms with van der Waals surface area (Å²) < 4.78 is 34.1. The summed E-state index contributed by atoms with van der Waals surface area (Å²) in [5, 5.41) is 2.73. The Bertz CT molecular complexity index is 1180. The second kappa shape index (κ2) is 11.1. The molecular weight excluding hydrogens is 490 g/mol. The quantitative estimate of drug-likeness (QED) is 0.346. The largest absolute Gasteiger partial charge is 0.494 e. The van der Waals surface area contributed by atoms with Gasteiger partial charge in [0.05, 0.1) is 22.2 Å². The van der Waals surface area contributed by atoms with E-state index in [1.807, 2.05) is 24.3 Å². The molecule has 0 radical (unpaired) electrons. The molecule has 1 amide bonds. The number of Topliss-reactive ketones (excluding diaryl/α,β-unsaturated/α-hetero) is 1. The lowest BCUT2D eigenvalue weighted by Crippen LogP contribution is -2.37. The molecule has 0 unspecified atom stereocenters. The summed E-state index contributed by atoms with van der Waals surface area (Å²) in [7, 11) is -3.73. The Morgan fingerprint density at radius 2 is 1.86 bits per heavy atom. The molecule has 8 nitrogen and oxygen atoms in total. The first-order chi connectivity index (χ1) is 16.7. The van der Waals surface area contributed by atoms with E-state index < -0.39 is 10.0 Å². The molecule has 1 saturated carbocycles. The lowest BCUT2D eigenvalue weighted by molar-refractivity contribution is -0.114. The van der Waals surface area contributed by atoms with Crippen LogP contribution in [-0.2, 0) is 14.8 Å². The Morgan fingerprint density at radius 1 is 1.11 bits per heavy atom. The second-order valence-corrected chi connectivity index (χ2v) is 11.2. The molecule has 2 aromatic carbocycles. The zero-order chi connectivity index (χ0) is 25.0. The zero-order valence-electron chi connectivity index (χ0n) is 19.6. The molecule has 4 rings (SSSR count). The van der Waals surface area contributed by atoms with Crippen LogP contribution in [-0.4, -0.2) is 57.3 Å². The van der Waals surface area contributed by atoms with Gasteiger partial charge in [-0.25, -0.2) is 13.1 Å². The van der Waals surface area contributed by atoms with E-state index in [9.17, 15) is 18.0 Å². The molecule has 0 bridgehead atoms. The van der Waals surface area contributed by atoms with Gasteiger partial charge in [0, 0.05) is 37.5 Å². The fraction of sp³-hybridized carbons (Fsp3) is 0.440. The summed E-state index contributed by atoms with van der Waals surface area (Å²) >= 11 is 6.13. The Kier molecular flexibility index (Phi) is 8.11. The highest BCUT2D eigenvalue weighted by molar-refractivity contribution is 7.89. The summed E-state index contributed by atoms with van der Waals surface area (Å²) in [5.74, 6) is 0.896. The fourth-order valence-corrected chi connectivity index (χ4v) is 5.73. The van der Waals surface area contributed by atoms with Gasteiger partial charge < -0.3 is 15.0 Å². The molecule has 1 atom stereocenters. The number of amides is 1. The number of hydrogen-bond donors (Lipinski definition) is 2. The first-order valence-corrected chi connectivity index (χ1v) is 13.7. The number of sulfonamides is 1. The van der Waals surface area contributed by atoms with Crippen LogP contribution in [0.25, 0.3) is 0 Å². The lowest BCUT2D eigenvalue weighted by Gasteiger charge is -2.17. The number of ketones is 1. The lowest BCUT2D eigenvalue weighted by atomic mass is 10.1. The molecule has 2 aromatic rings. The van der Waals surface area contributed by atoms with Crippen LogP contribution in [0.5, 0.6) is 5.75 Å². The molecule has 0 spiro atoms. The molecule has 1 aliphatic carbocycles. The molecule has 1 heterocycles. The summed E-state index contributed by atoms with van der Waals surface area (Å²) in [6.45, 7) is 4.12. The van der Waals surface area contributed by atoms with Gasteiger partial charge in [-0.05, 0) is 74.7 Å². The van der Waals surface area contributed by atoms with E-state index in [1.165, 1.54) is 25.1 Å². The number of halogens is 1. The van der Waals surface area contributed by atoms with E-state index in [1.54, 1.807) is 0 Å². The predicted molar refractivity (Wildman–Crippen MR) is 135 cm³/mol. The van der Waals surface area contributed by atoms with Crippen LogP contribution in [0.4, 0.5) is 5.69 Å². The van der Waals surface area contributed by atoms with Crippen molar-refractivity contribution in [1.29, 1.82) is 0 Å². The molecule has 2 N–H and O–H groups in total. The van der Waals surface area contributed by atoms with Gasteiger partial charge in [-0.15, -0.1) is 0 Å². The molecule has 35 heavy (non-hydrogen) atoms. The van der Waals surface area contributed by atoms with Gasteiger partial charge in [0.25, 0.3) is 0 Å². The van der Waals surface area contributed by atoms with Crippen LogP contribution in [0, 0.1) is 5.92 Å². The van der Waals surface area contributed by atoms with Crippen LogP contribution in [0.2, 0.25) is 5.02 Å². The van der Waals surface area contributed by atoms with Crippen LogP contribution in [0.1, 0.15) is 43.0 Å². The Balaban J connectivity index is 1.19. The highest BCUT2D eigenvalue weighted by Crippen LogP contribution is 2.33. The fourth-order valence-electron chi connectivity index (χ4n) is 4.15. The SMILES string of the molecule is CC(=O)Nc1ccc(S(=O)(=O)N[C@@H]2CCN(CCCOc3ccc(C(=O)C4CC4)cc3)C2)cc1Cl. The van der Waals surface area contributed by atoms with Gasteiger partial charge >= 0.3 is 0 Å². The topological polar surface area (TPSA) is 105 Å². The van der Waals surface area contributed by atoms with E-state index in [2.05, 4.69) is 14.9 Å². The van der Waals surface area contributed by atoms with Crippen molar-refractivity contribution in [2.24, 2.45) is 5.92 Å². The van der Waals surface area contributed by atoms with Crippen molar-refractivity contribution in [1.82, 2.24) is 9.62 Å². The highest BCUT2D eigenvalue weighted by Gasteiger charge is 2.30. The van der Waals surface area contributed by atoms with Crippen molar-refractivity contribution in [2.45, 2.75) is 43.5 Å². The molecule has 1 saturated heterocycles. The minimum atomic E-state index is -3.73. The van der Waals surface area contributed by atoms with E-state index in [0.29, 0.717) is 25.3 Å². The Hall–Kier alpha value is -2.46. The summed E-state index contributed by atoms with van der Waals surface area (Å²) in [6.07, 6.45) is 3.52. The van der Waals surface area contributed by atoms with Crippen molar-refractivity contribution in [3.63, 3.8) is 0 Å². The van der Waals surface area contributed by atoms with Gasteiger partial charge in [0.15, 0.2) is 5.78 Å². The highest BCUT2D eigenvalue weighted by atomic mass is 35.5. The molecule has 2 aliphatic rings. The maximum atomic E-state index is 12.8. The number of nitrogens with zero attached hydrogens (tertiary/aromatic N) is 1. The van der Waals surface area contributed by atoms with Crippen LogP contribution < -0.4 is 14.8 Å². The third-order valence-corrected chi connectivity index (χ3v) is 7.96. The molecule has 10 heteroatoms. The summed E-state index contributed by atoms with van der Waals surface area (Å²) in [6, 6.07) is 11.4. The standard InChI is InChI=1S/C25H30ClN3O5S/c1-17(30)27-24-10-9-22(15-23(24)26)35(32,33)28-20-11-13-29(16-20)12-2-14-34-21-7-5-19(6-8-21)25(31)18-3-4-18/h5-10,15,18,20,28H,2-4,11-14,16H2,1H3,(H,27,30)/t20-/m1/s1. The molecular formula is C25H30ClN3O5S. The van der Waals surface area contributed by atoms with Gasteiger partial charge in [0.2, 0.25) is 15.9 Å².